The quantitative estimate of drug-likeness (QED) is 0.598. The zero-order valence-electron chi connectivity index (χ0n) is 16.0. The lowest BCUT2D eigenvalue weighted by Crippen LogP contribution is -2.32. The molecule has 2 aromatic carbocycles. The molecule has 0 saturated carbocycles. The van der Waals surface area contributed by atoms with Crippen molar-refractivity contribution >= 4 is 31.6 Å². The Kier molecular flexibility index (Phi) is 7.57. The van der Waals surface area contributed by atoms with Crippen molar-refractivity contribution in [2.45, 2.75) is 43.3 Å². The summed E-state index contributed by atoms with van der Waals surface area (Å²) in [5.74, 6) is -0.405. The van der Waals surface area contributed by atoms with Crippen LogP contribution in [0, 0.1) is 0 Å². The van der Waals surface area contributed by atoms with E-state index in [-0.39, 0.29) is 11.1 Å². The van der Waals surface area contributed by atoms with E-state index in [1.54, 1.807) is 26.0 Å². The second kappa shape index (κ2) is 9.23. The highest BCUT2D eigenvalue weighted by atomic mass is 35.5. The summed E-state index contributed by atoms with van der Waals surface area (Å²) >= 11 is 5.59. The van der Waals surface area contributed by atoms with Crippen molar-refractivity contribution in [3.8, 4) is 0 Å². The first-order chi connectivity index (χ1) is 13.7. The second-order valence-corrected chi connectivity index (χ2v) is 10.7. The van der Waals surface area contributed by atoms with Crippen molar-refractivity contribution < 1.29 is 30.0 Å². The predicted molar refractivity (Wildman–Crippen MR) is 108 cm³/mol. The predicted octanol–water partition coefficient (Wildman–Crippen LogP) is 3.67. The van der Waals surface area contributed by atoms with E-state index < -0.39 is 49.0 Å². The molecular formula is C18H20ClF3N2O4S2. The molecule has 166 valence electrons. The Hall–Kier alpha value is -1.66. The lowest BCUT2D eigenvalue weighted by Gasteiger charge is -2.16. The lowest BCUT2D eigenvalue weighted by atomic mass is 10.1. The molecule has 2 rings (SSSR count). The maximum atomic E-state index is 13.3. The summed E-state index contributed by atoms with van der Waals surface area (Å²) in [5, 5.41) is -0.255. The molecule has 0 aliphatic rings. The molecule has 2 N–H and O–H groups in total. The minimum absolute atomic E-state index is 0.255. The van der Waals surface area contributed by atoms with Crippen LogP contribution in [-0.2, 0) is 38.5 Å². The number of sulfonamides is 2. The van der Waals surface area contributed by atoms with Crippen molar-refractivity contribution in [1.29, 1.82) is 0 Å². The Balaban J connectivity index is 2.31. The highest BCUT2D eigenvalue weighted by Crippen LogP contribution is 2.35. The van der Waals surface area contributed by atoms with Crippen LogP contribution in [0.3, 0.4) is 0 Å². The van der Waals surface area contributed by atoms with E-state index in [1.165, 1.54) is 12.1 Å². The average molecular weight is 485 g/mol. The fourth-order valence-corrected chi connectivity index (χ4v) is 5.56. The van der Waals surface area contributed by atoms with Gasteiger partial charge in [-0.2, -0.15) is 13.2 Å². The zero-order chi connectivity index (χ0) is 22.7. The number of benzene rings is 2. The number of hydrogen-bond acceptors (Lipinski definition) is 4. The van der Waals surface area contributed by atoms with Crippen LogP contribution in [0.5, 0.6) is 0 Å². The van der Waals surface area contributed by atoms with Crippen molar-refractivity contribution in [2.75, 3.05) is 0 Å². The first kappa shape index (κ1) is 24.6. The van der Waals surface area contributed by atoms with Crippen LogP contribution >= 0.6 is 11.6 Å². The maximum absolute atomic E-state index is 13.3. The smallest absolute Gasteiger partial charge is 0.212 e. The molecule has 0 saturated heterocycles. The van der Waals surface area contributed by atoms with Gasteiger partial charge in [0, 0.05) is 17.6 Å². The van der Waals surface area contributed by atoms with Crippen LogP contribution in [0.25, 0.3) is 0 Å². The molecule has 12 heteroatoms. The van der Waals surface area contributed by atoms with E-state index in [9.17, 15) is 30.0 Å². The molecule has 6 nitrogen and oxygen atoms in total. The molecule has 0 fully saturated rings. The van der Waals surface area contributed by atoms with Crippen LogP contribution < -0.4 is 9.44 Å². The third-order valence-electron chi connectivity index (χ3n) is 3.87. The van der Waals surface area contributed by atoms with Gasteiger partial charge in [0.15, 0.2) is 0 Å². The molecule has 0 aromatic heterocycles. The summed E-state index contributed by atoms with van der Waals surface area (Å²) in [6, 6.07) is 8.18. The van der Waals surface area contributed by atoms with Gasteiger partial charge in [0.05, 0.1) is 16.2 Å². The van der Waals surface area contributed by atoms with Gasteiger partial charge in [-0.25, -0.2) is 26.3 Å². The summed E-state index contributed by atoms with van der Waals surface area (Å²) in [4.78, 5) is -0.967. The molecule has 0 atom stereocenters. The van der Waals surface area contributed by atoms with E-state index in [0.717, 1.165) is 12.1 Å². The molecule has 0 unspecified atom stereocenters. The van der Waals surface area contributed by atoms with Gasteiger partial charge in [-0.3, -0.25) is 0 Å². The van der Waals surface area contributed by atoms with Gasteiger partial charge in [-0.1, -0.05) is 35.9 Å². The third kappa shape index (κ3) is 6.67. The number of rotatable bonds is 8. The Bertz CT molecular complexity index is 1120. The van der Waals surface area contributed by atoms with E-state index in [0.29, 0.717) is 17.2 Å². The second-order valence-electron chi connectivity index (χ2n) is 6.76. The van der Waals surface area contributed by atoms with Gasteiger partial charge in [0.2, 0.25) is 20.0 Å². The van der Waals surface area contributed by atoms with Crippen LogP contribution in [0.4, 0.5) is 13.2 Å². The Labute approximate surface area is 178 Å². The highest BCUT2D eigenvalue weighted by Gasteiger charge is 2.37. The number of halogens is 4. The largest absolute Gasteiger partial charge is 0.417 e. The summed E-state index contributed by atoms with van der Waals surface area (Å²) in [6.45, 7) is 2.92. The zero-order valence-corrected chi connectivity index (χ0v) is 18.4. The van der Waals surface area contributed by atoms with Gasteiger partial charge in [-0.15, -0.1) is 0 Å². The topological polar surface area (TPSA) is 92.3 Å². The van der Waals surface area contributed by atoms with Gasteiger partial charge in [-0.05, 0) is 43.2 Å². The van der Waals surface area contributed by atoms with Gasteiger partial charge in [0.25, 0.3) is 0 Å². The van der Waals surface area contributed by atoms with E-state index in [1.807, 2.05) is 0 Å². The third-order valence-corrected chi connectivity index (χ3v) is 7.08. The molecule has 0 spiro atoms. The molecule has 0 aliphatic heterocycles. The number of nitrogens with one attached hydrogen (secondary N) is 2. The molecule has 0 bridgehead atoms. The summed E-state index contributed by atoms with van der Waals surface area (Å²) in [7, 11) is -8.25. The van der Waals surface area contributed by atoms with Crippen LogP contribution in [0.15, 0.2) is 47.4 Å². The number of alkyl halides is 3. The summed E-state index contributed by atoms with van der Waals surface area (Å²) in [6.07, 6.45) is -4.93. The minimum atomic E-state index is -4.93. The SMILES string of the molecule is CC(C)NS(=O)(=O)Cc1ccccc1CNS(=O)(=O)c1ccc(Cl)cc1C(F)(F)F. The lowest BCUT2D eigenvalue weighted by molar-refractivity contribution is -0.139. The van der Waals surface area contributed by atoms with E-state index in [2.05, 4.69) is 9.44 Å². The monoisotopic (exact) mass is 484 g/mol. The van der Waals surface area contributed by atoms with E-state index >= 15 is 0 Å². The Morgan fingerprint density at radius 2 is 1.60 bits per heavy atom. The molecule has 0 amide bonds. The Morgan fingerprint density at radius 3 is 2.17 bits per heavy atom. The molecule has 2 aromatic rings. The first-order valence-corrected chi connectivity index (χ1v) is 12.2. The van der Waals surface area contributed by atoms with Crippen molar-refractivity contribution in [3.63, 3.8) is 0 Å². The maximum Gasteiger partial charge on any atom is 0.417 e. The fourth-order valence-electron chi connectivity index (χ4n) is 2.68. The van der Waals surface area contributed by atoms with Crippen LogP contribution in [0.2, 0.25) is 5.02 Å². The molecular weight excluding hydrogens is 465 g/mol. The van der Waals surface area contributed by atoms with Crippen LogP contribution in [-0.4, -0.2) is 22.9 Å². The Morgan fingerprint density at radius 1 is 1.00 bits per heavy atom. The molecule has 0 heterocycles. The van der Waals surface area contributed by atoms with Gasteiger partial charge in [0.1, 0.15) is 0 Å². The van der Waals surface area contributed by atoms with Crippen LogP contribution in [0.1, 0.15) is 30.5 Å². The molecule has 0 aliphatic carbocycles. The van der Waals surface area contributed by atoms with Crippen molar-refractivity contribution in [3.05, 3.63) is 64.2 Å². The summed E-state index contributed by atoms with van der Waals surface area (Å²) in [5.41, 5.74) is -0.752. The van der Waals surface area contributed by atoms with Crippen molar-refractivity contribution in [1.82, 2.24) is 9.44 Å². The average Bonchev–Trinajstić information content (AvgIpc) is 2.58. The van der Waals surface area contributed by atoms with Crippen molar-refractivity contribution in [2.24, 2.45) is 0 Å². The number of hydrogen-bond donors (Lipinski definition) is 2. The van der Waals surface area contributed by atoms with Gasteiger partial charge >= 0.3 is 6.18 Å². The minimum Gasteiger partial charge on any atom is -0.212 e. The standard InChI is InChI=1S/C18H20ClF3N2O4S2/c1-12(2)24-29(25,26)11-14-6-4-3-5-13(14)10-23-30(27,28)17-8-7-15(19)9-16(17)18(20,21)22/h3-9,12,23-24H,10-11H2,1-2H3. The molecule has 30 heavy (non-hydrogen) atoms. The fraction of sp³-hybridized carbons (Fsp3) is 0.333. The summed E-state index contributed by atoms with van der Waals surface area (Å²) < 4.78 is 93.7. The molecule has 0 radical (unpaired) electrons. The highest BCUT2D eigenvalue weighted by molar-refractivity contribution is 7.89. The van der Waals surface area contributed by atoms with E-state index in [4.69, 9.17) is 11.6 Å². The first-order valence-electron chi connectivity index (χ1n) is 8.64. The van der Waals surface area contributed by atoms with Gasteiger partial charge < -0.3 is 0 Å². The normalized spacial score (nSPS) is 13.0.